The summed E-state index contributed by atoms with van der Waals surface area (Å²) in [7, 11) is 0. The van der Waals surface area contributed by atoms with E-state index in [4.69, 9.17) is 14.4 Å². The third kappa shape index (κ3) is 2.89. The van der Waals surface area contributed by atoms with Gasteiger partial charge in [0.1, 0.15) is 13.2 Å². The SMILES string of the molecule is Cc1ccncc1-c1noc(COCC(=O)O)n1. The summed E-state index contributed by atoms with van der Waals surface area (Å²) in [6, 6.07) is 1.84. The fraction of sp³-hybridized carbons (Fsp3) is 0.273. The van der Waals surface area contributed by atoms with Gasteiger partial charge in [0.2, 0.25) is 5.82 Å². The minimum absolute atomic E-state index is 0.0292. The molecule has 0 aliphatic rings. The second-order valence-electron chi connectivity index (χ2n) is 3.59. The average Bonchev–Trinajstić information content (AvgIpc) is 2.78. The summed E-state index contributed by atoms with van der Waals surface area (Å²) in [6.07, 6.45) is 3.32. The van der Waals surface area contributed by atoms with Crippen LogP contribution in [0.1, 0.15) is 11.5 Å². The van der Waals surface area contributed by atoms with Crippen molar-refractivity contribution >= 4 is 5.97 Å². The predicted octanol–water partition coefficient (Wildman–Crippen LogP) is 1.04. The second kappa shape index (κ2) is 5.37. The lowest BCUT2D eigenvalue weighted by Crippen LogP contribution is -2.06. The van der Waals surface area contributed by atoms with Gasteiger partial charge < -0.3 is 14.4 Å². The van der Waals surface area contributed by atoms with Gasteiger partial charge in [-0.05, 0) is 18.6 Å². The van der Waals surface area contributed by atoms with E-state index in [9.17, 15) is 4.79 Å². The maximum Gasteiger partial charge on any atom is 0.329 e. The van der Waals surface area contributed by atoms with E-state index < -0.39 is 12.6 Å². The third-order valence-electron chi connectivity index (χ3n) is 2.20. The van der Waals surface area contributed by atoms with Gasteiger partial charge in [-0.2, -0.15) is 4.98 Å². The van der Waals surface area contributed by atoms with Gasteiger partial charge in [0, 0.05) is 18.0 Å². The molecule has 0 bridgehead atoms. The topological polar surface area (TPSA) is 98.3 Å². The Hall–Kier alpha value is -2.28. The summed E-state index contributed by atoms with van der Waals surface area (Å²) in [5.41, 5.74) is 1.74. The summed E-state index contributed by atoms with van der Waals surface area (Å²) in [5, 5.41) is 12.2. The van der Waals surface area contributed by atoms with Crippen molar-refractivity contribution in [3.05, 3.63) is 29.9 Å². The fourth-order valence-corrected chi connectivity index (χ4v) is 1.35. The number of aromatic nitrogens is 3. The largest absolute Gasteiger partial charge is 0.480 e. The highest BCUT2D eigenvalue weighted by atomic mass is 16.5. The van der Waals surface area contributed by atoms with Gasteiger partial charge in [0.15, 0.2) is 0 Å². The lowest BCUT2D eigenvalue weighted by atomic mass is 10.1. The Balaban J connectivity index is 2.06. The molecule has 2 aromatic heterocycles. The van der Waals surface area contributed by atoms with Crippen molar-refractivity contribution in [1.82, 2.24) is 15.1 Å². The monoisotopic (exact) mass is 249 g/mol. The van der Waals surface area contributed by atoms with Crippen molar-refractivity contribution in [1.29, 1.82) is 0 Å². The summed E-state index contributed by atoms with van der Waals surface area (Å²) in [4.78, 5) is 18.3. The van der Waals surface area contributed by atoms with Gasteiger partial charge in [-0.15, -0.1) is 0 Å². The number of hydrogen-bond acceptors (Lipinski definition) is 6. The van der Waals surface area contributed by atoms with Gasteiger partial charge in [-0.25, -0.2) is 4.79 Å². The van der Waals surface area contributed by atoms with Gasteiger partial charge in [0.25, 0.3) is 5.89 Å². The average molecular weight is 249 g/mol. The number of ether oxygens (including phenoxy) is 1. The normalized spacial score (nSPS) is 10.5. The van der Waals surface area contributed by atoms with Gasteiger partial charge in [-0.3, -0.25) is 4.98 Å². The van der Waals surface area contributed by atoms with Crippen LogP contribution in [0.2, 0.25) is 0 Å². The molecule has 0 unspecified atom stereocenters. The molecule has 0 saturated carbocycles. The van der Waals surface area contributed by atoms with Crippen LogP contribution in [0, 0.1) is 6.92 Å². The number of nitrogens with zero attached hydrogens (tertiary/aromatic N) is 3. The first-order chi connectivity index (χ1) is 8.66. The Bertz CT molecular complexity index is 553. The molecule has 0 spiro atoms. The van der Waals surface area contributed by atoms with Gasteiger partial charge in [-0.1, -0.05) is 5.16 Å². The summed E-state index contributed by atoms with van der Waals surface area (Å²) >= 11 is 0. The van der Waals surface area contributed by atoms with Crippen LogP contribution in [-0.4, -0.2) is 32.8 Å². The molecular weight excluding hydrogens is 238 g/mol. The molecule has 0 saturated heterocycles. The van der Waals surface area contributed by atoms with E-state index in [0.717, 1.165) is 11.1 Å². The number of aliphatic carboxylic acids is 1. The molecule has 0 aliphatic heterocycles. The lowest BCUT2D eigenvalue weighted by Gasteiger charge is -1.97. The van der Waals surface area contributed by atoms with Crippen LogP contribution in [0.25, 0.3) is 11.4 Å². The van der Waals surface area contributed by atoms with E-state index in [-0.39, 0.29) is 12.5 Å². The van der Waals surface area contributed by atoms with Crippen LogP contribution in [0.5, 0.6) is 0 Å². The second-order valence-corrected chi connectivity index (χ2v) is 3.59. The van der Waals surface area contributed by atoms with Crippen LogP contribution in [0.15, 0.2) is 23.0 Å². The van der Waals surface area contributed by atoms with E-state index in [1.165, 1.54) is 0 Å². The molecular formula is C11H11N3O4. The Morgan fingerprint density at radius 3 is 3.11 bits per heavy atom. The lowest BCUT2D eigenvalue weighted by molar-refractivity contribution is -0.142. The highest BCUT2D eigenvalue weighted by Gasteiger charge is 2.11. The van der Waals surface area contributed by atoms with Crippen LogP contribution >= 0.6 is 0 Å². The molecule has 1 N–H and O–H groups in total. The summed E-state index contributed by atoms with van der Waals surface area (Å²) < 4.78 is 9.80. The van der Waals surface area contributed by atoms with E-state index >= 15 is 0 Å². The third-order valence-corrected chi connectivity index (χ3v) is 2.20. The Morgan fingerprint density at radius 2 is 2.39 bits per heavy atom. The molecule has 94 valence electrons. The van der Waals surface area contributed by atoms with Gasteiger partial charge >= 0.3 is 5.97 Å². The fourth-order valence-electron chi connectivity index (χ4n) is 1.35. The Morgan fingerprint density at radius 1 is 1.56 bits per heavy atom. The predicted molar refractivity (Wildman–Crippen MR) is 59.6 cm³/mol. The van der Waals surface area contributed by atoms with Crippen molar-refractivity contribution in [3.8, 4) is 11.4 Å². The van der Waals surface area contributed by atoms with E-state index in [0.29, 0.717) is 5.82 Å². The smallest absolute Gasteiger partial charge is 0.329 e. The van der Waals surface area contributed by atoms with Crippen LogP contribution in [-0.2, 0) is 16.1 Å². The first-order valence-corrected chi connectivity index (χ1v) is 5.20. The number of carboxylic acid groups (broad SMARTS) is 1. The zero-order valence-electron chi connectivity index (χ0n) is 9.66. The zero-order chi connectivity index (χ0) is 13.0. The standard InChI is InChI=1S/C11H11N3O4/c1-7-2-3-12-4-8(7)11-13-9(18-14-11)5-17-6-10(15)16/h2-4H,5-6H2,1H3,(H,15,16). The molecule has 0 atom stereocenters. The molecule has 0 amide bonds. The molecule has 18 heavy (non-hydrogen) atoms. The van der Waals surface area contributed by atoms with Crippen molar-refractivity contribution in [2.45, 2.75) is 13.5 Å². The highest BCUT2D eigenvalue weighted by Crippen LogP contribution is 2.18. The number of aryl methyl sites for hydroxylation is 1. The molecule has 7 heteroatoms. The van der Waals surface area contributed by atoms with Crippen molar-refractivity contribution < 1.29 is 19.2 Å². The molecule has 2 heterocycles. The molecule has 7 nitrogen and oxygen atoms in total. The Labute approximate surface area is 102 Å². The number of hydrogen-bond donors (Lipinski definition) is 1. The van der Waals surface area contributed by atoms with Crippen molar-refractivity contribution in [3.63, 3.8) is 0 Å². The van der Waals surface area contributed by atoms with Crippen molar-refractivity contribution in [2.24, 2.45) is 0 Å². The quantitative estimate of drug-likeness (QED) is 0.845. The molecule has 2 rings (SSSR count). The van der Waals surface area contributed by atoms with E-state index in [2.05, 4.69) is 15.1 Å². The first kappa shape index (κ1) is 12.2. The number of carboxylic acids is 1. The van der Waals surface area contributed by atoms with E-state index in [1.54, 1.807) is 12.4 Å². The number of carbonyl (C=O) groups is 1. The van der Waals surface area contributed by atoms with Crippen LogP contribution in [0.4, 0.5) is 0 Å². The van der Waals surface area contributed by atoms with Crippen molar-refractivity contribution in [2.75, 3.05) is 6.61 Å². The summed E-state index contributed by atoms with van der Waals surface area (Å²) in [5.74, 6) is -0.401. The maximum atomic E-state index is 10.3. The molecule has 0 aliphatic carbocycles. The number of pyridine rings is 1. The van der Waals surface area contributed by atoms with Crippen LogP contribution in [0.3, 0.4) is 0 Å². The molecule has 0 aromatic carbocycles. The van der Waals surface area contributed by atoms with Crippen LogP contribution < -0.4 is 0 Å². The zero-order valence-corrected chi connectivity index (χ0v) is 9.66. The first-order valence-electron chi connectivity index (χ1n) is 5.20. The minimum atomic E-state index is -1.04. The maximum absolute atomic E-state index is 10.3. The number of rotatable bonds is 5. The Kier molecular flexibility index (Phi) is 3.63. The molecule has 2 aromatic rings. The molecule has 0 fully saturated rings. The highest BCUT2D eigenvalue weighted by molar-refractivity contribution is 5.67. The van der Waals surface area contributed by atoms with Gasteiger partial charge in [0.05, 0.1) is 0 Å². The van der Waals surface area contributed by atoms with E-state index in [1.807, 2.05) is 13.0 Å². The molecule has 0 radical (unpaired) electrons. The summed E-state index contributed by atoms with van der Waals surface area (Å²) in [6.45, 7) is 1.48. The minimum Gasteiger partial charge on any atom is -0.480 e.